The Morgan fingerprint density at radius 1 is 1.46 bits per heavy atom. The van der Waals surface area contributed by atoms with Gasteiger partial charge in [0.15, 0.2) is 0 Å². The molecule has 0 saturated carbocycles. The zero-order valence-corrected chi connectivity index (χ0v) is 6.94. The fourth-order valence-corrected chi connectivity index (χ4v) is 1.12. The number of aliphatic hydroxyl groups is 1. The number of rotatable bonds is 2. The van der Waals surface area contributed by atoms with Gasteiger partial charge in [0.25, 0.3) is 0 Å². The van der Waals surface area contributed by atoms with Crippen LogP contribution in [0.4, 0.5) is 0 Å². The molecule has 0 bridgehead atoms. The molecule has 0 radical (unpaired) electrons. The third-order valence-electron chi connectivity index (χ3n) is 1.74. The summed E-state index contributed by atoms with van der Waals surface area (Å²) in [5.74, 6) is 0. The normalized spacial score (nSPS) is 11.5. The minimum Gasteiger partial charge on any atom is -0.392 e. The third-order valence-corrected chi connectivity index (χ3v) is 1.74. The maximum absolute atomic E-state index is 8.57. The first-order chi connectivity index (χ1) is 6.40. The van der Waals surface area contributed by atoms with Crippen molar-refractivity contribution in [3.8, 4) is 0 Å². The van der Waals surface area contributed by atoms with Gasteiger partial charge in [0.1, 0.15) is 0 Å². The van der Waals surface area contributed by atoms with Crippen LogP contribution in [0.15, 0.2) is 24.5 Å². The highest BCUT2D eigenvalue weighted by atomic mass is 16.2. The smallest absolute Gasteiger partial charge is 0.0833 e. The zero-order valence-electron chi connectivity index (χ0n) is 6.94. The van der Waals surface area contributed by atoms with E-state index in [1.807, 2.05) is 6.07 Å². The van der Waals surface area contributed by atoms with Gasteiger partial charge in [-0.15, -0.1) is 0 Å². The molecule has 2 heterocycles. The van der Waals surface area contributed by atoms with Crippen LogP contribution in [0.25, 0.3) is 17.0 Å². The van der Waals surface area contributed by atoms with Crippen LogP contribution in [-0.2, 0) is 0 Å². The molecule has 0 atom stereocenters. The lowest BCUT2D eigenvalue weighted by Gasteiger charge is -1.91. The molecule has 0 amide bonds. The molecule has 0 aliphatic rings. The number of hydrogen-bond donors (Lipinski definition) is 2. The summed E-state index contributed by atoms with van der Waals surface area (Å²) in [6, 6.07) is 1.91. The molecule has 2 aromatic rings. The van der Waals surface area contributed by atoms with Gasteiger partial charge in [-0.2, -0.15) is 5.10 Å². The first kappa shape index (κ1) is 7.94. The molecule has 0 aliphatic heterocycles. The van der Waals surface area contributed by atoms with Gasteiger partial charge in [0.2, 0.25) is 0 Å². The van der Waals surface area contributed by atoms with Gasteiger partial charge in [0.05, 0.1) is 30.2 Å². The molecule has 66 valence electrons. The monoisotopic (exact) mass is 175 g/mol. The number of H-pyrrole nitrogens is 1. The Kier molecular flexibility index (Phi) is 2.06. The van der Waals surface area contributed by atoms with E-state index in [-0.39, 0.29) is 6.61 Å². The van der Waals surface area contributed by atoms with Gasteiger partial charge in [-0.1, -0.05) is 6.08 Å². The SMILES string of the molecule is OCC=Cc1cc2cn[nH]c2cn1. The van der Waals surface area contributed by atoms with Crippen molar-refractivity contribution < 1.29 is 5.11 Å². The number of fused-ring (bicyclic) bond motifs is 1. The molecule has 13 heavy (non-hydrogen) atoms. The highest BCUT2D eigenvalue weighted by Crippen LogP contribution is 2.10. The summed E-state index contributed by atoms with van der Waals surface area (Å²) in [6.45, 7) is 0.0328. The van der Waals surface area contributed by atoms with E-state index < -0.39 is 0 Å². The van der Waals surface area contributed by atoms with Gasteiger partial charge >= 0.3 is 0 Å². The average Bonchev–Trinajstić information content (AvgIpc) is 2.61. The number of nitrogens with zero attached hydrogens (tertiary/aromatic N) is 2. The molecule has 4 heteroatoms. The number of nitrogens with one attached hydrogen (secondary N) is 1. The summed E-state index contributed by atoms with van der Waals surface area (Å²) in [7, 11) is 0. The lowest BCUT2D eigenvalue weighted by Crippen LogP contribution is -1.80. The Balaban J connectivity index is 2.42. The van der Waals surface area contributed by atoms with E-state index in [1.165, 1.54) is 0 Å². The molecule has 4 nitrogen and oxygen atoms in total. The van der Waals surface area contributed by atoms with Crippen LogP contribution in [0.3, 0.4) is 0 Å². The van der Waals surface area contributed by atoms with Gasteiger partial charge < -0.3 is 5.11 Å². The van der Waals surface area contributed by atoms with E-state index in [9.17, 15) is 0 Å². The van der Waals surface area contributed by atoms with E-state index in [1.54, 1.807) is 24.5 Å². The van der Waals surface area contributed by atoms with E-state index in [0.717, 1.165) is 16.6 Å². The summed E-state index contributed by atoms with van der Waals surface area (Å²) in [5.41, 5.74) is 1.74. The van der Waals surface area contributed by atoms with E-state index in [0.29, 0.717) is 0 Å². The van der Waals surface area contributed by atoms with Crippen molar-refractivity contribution in [2.75, 3.05) is 6.61 Å². The standard InChI is InChI=1S/C9H9N3O/c13-3-1-2-8-4-7-5-11-12-9(7)6-10-8/h1-2,4-6,13H,3H2,(H,11,12). The summed E-state index contributed by atoms with van der Waals surface area (Å²) in [5, 5.41) is 16.3. The second-order valence-electron chi connectivity index (χ2n) is 2.65. The Morgan fingerprint density at radius 2 is 2.38 bits per heavy atom. The highest BCUT2D eigenvalue weighted by Gasteiger charge is 1.95. The average molecular weight is 175 g/mol. The summed E-state index contributed by atoms with van der Waals surface area (Å²) >= 11 is 0. The zero-order chi connectivity index (χ0) is 9.10. The number of aromatic nitrogens is 3. The second-order valence-corrected chi connectivity index (χ2v) is 2.65. The van der Waals surface area contributed by atoms with Crippen LogP contribution in [0.1, 0.15) is 5.69 Å². The molecule has 2 N–H and O–H groups in total. The van der Waals surface area contributed by atoms with Crippen LogP contribution in [-0.4, -0.2) is 26.9 Å². The molecule has 0 unspecified atom stereocenters. The first-order valence-corrected chi connectivity index (χ1v) is 3.96. The van der Waals surface area contributed by atoms with Gasteiger partial charge in [0, 0.05) is 5.39 Å². The van der Waals surface area contributed by atoms with E-state index in [2.05, 4.69) is 15.2 Å². The van der Waals surface area contributed by atoms with Crippen LogP contribution in [0.2, 0.25) is 0 Å². The van der Waals surface area contributed by atoms with Gasteiger partial charge in [-0.25, -0.2) is 0 Å². The minimum atomic E-state index is 0.0328. The molecule has 0 spiro atoms. The third kappa shape index (κ3) is 1.57. The molecule has 0 saturated heterocycles. The van der Waals surface area contributed by atoms with Crippen molar-refractivity contribution in [3.63, 3.8) is 0 Å². The van der Waals surface area contributed by atoms with Gasteiger partial charge in [-0.05, 0) is 12.1 Å². The topological polar surface area (TPSA) is 61.8 Å². The molecule has 0 fully saturated rings. The molecular weight excluding hydrogens is 166 g/mol. The fraction of sp³-hybridized carbons (Fsp3) is 0.111. The molecule has 2 aromatic heterocycles. The molecule has 0 aliphatic carbocycles. The summed E-state index contributed by atoms with van der Waals surface area (Å²) < 4.78 is 0. The van der Waals surface area contributed by atoms with Crippen LogP contribution in [0, 0.1) is 0 Å². The second kappa shape index (κ2) is 3.37. The lowest BCUT2D eigenvalue weighted by atomic mass is 10.2. The Bertz CT molecular complexity index is 433. The maximum Gasteiger partial charge on any atom is 0.0833 e. The lowest BCUT2D eigenvalue weighted by molar-refractivity contribution is 0.343. The summed E-state index contributed by atoms with van der Waals surface area (Å²) in [4.78, 5) is 4.15. The maximum atomic E-state index is 8.57. The van der Waals surface area contributed by atoms with E-state index >= 15 is 0 Å². The molecule has 0 aromatic carbocycles. The van der Waals surface area contributed by atoms with Crippen molar-refractivity contribution in [3.05, 3.63) is 30.2 Å². The van der Waals surface area contributed by atoms with E-state index in [4.69, 9.17) is 5.11 Å². The number of hydrogen-bond acceptors (Lipinski definition) is 3. The fourth-order valence-electron chi connectivity index (χ4n) is 1.12. The van der Waals surface area contributed by atoms with Gasteiger partial charge in [-0.3, -0.25) is 10.1 Å². The van der Waals surface area contributed by atoms with Crippen LogP contribution >= 0.6 is 0 Å². The number of pyridine rings is 1. The van der Waals surface area contributed by atoms with Crippen molar-refractivity contribution in [2.45, 2.75) is 0 Å². The Morgan fingerprint density at radius 3 is 3.23 bits per heavy atom. The van der Waals surface area contributed by atoms with Crippen LogP contribution < -0.4 is 0 Å². The van der Waals surface area contributed by atoms with Crippen molar-refractivity contribution in [1.82, 2.24) is 15.2 Å². The van der Waals surface area contributed by atoms with Crippen molar-refractivity contribution >= 4 is 17.0 Å². The molecular formula is C9H9N3O. The van der Waals surface area contributed by atoms with Crippen LogP contribution in [0.5, 0.6) is 0 Å². The van der Waals surface area contributed by atoms with Crippen molar-refractivity contribution in [1.29, 1.82) is 0 Å². The highest BCUT2D eigenvalue weighted by molar-refractivity contribution is 5.78. The molecule has 2 rings (SSSR count). The first-order valence-electron chi connectivity index (χ1n) is 3.96. The minimum absolute atomic E-state index is 0.0328. The number of aromatic amines is 1. The predicted octanol–water partition coefficient (Wildman–Crippen LogP) is 0.963. The Labute approximate surface area is 74.9 Å². The predicted molar refractivity (Wildman–Crippen MR) is 50.0 cm³/mol. The summed E-state index contributed by atoms with van der Waals surface area (Å²) in [6.07, 6.45) is 6.88. The largest absolute Gasteiger partial charge is 0.392 e. The van der Waals surface area contributed by atoms with Crippen molar-refractivity contribution in [2.24, 2.45) is 0 Å². The quantitative estimate of drug-likeness (QED) is 0.714. The number of aliphatic hydroxyl groups excluding tert-OH is 1. The Hall–Kier alpha value is -1.68.